The molecule has 1 aliphatic carbocycles. The van der Waals surface area contributed by atoms with E-state index in [2.05, 4.69) is 15.5 Å². The fourth-order valence-electron chi connectivity index (χ4n) is 5.56. The predicted octanol–water partition coefficient (Wildman–Crippen LogP) is 5.66. The summed E-state index contributed by atoms with van der Waals surface area (Å²) in [6.45, 7) is 3.83. The lowest BCUT2D eigenvalue weighted by molar-refractivity contribution is -0.117. The summed E-state index contributed by atoms with van der Waals surface area (Å²) < 4.78 is 23.3. The zero-order chi connectivity index (χ0) is 28.1. The van der Waals surface area contributed by atoms with Crippen LogP contribution in [-0.4, -0.2) is 49.7 Å². The molecule has 2 amide bonds. The minimum atomic E-state index is -2.89. The number of hydrogen-bond acceptors (Lipinski definition) is 5. The van der Waals surface area contributed by atoms with Gasteiger partial charge in [0.05, 0.1) is 11.5 Å². The normalized spacial score (nSPS) is 17.4. The molecule has 0 spiro atoms. The molecule has 210 valence electrons. The molecule has 0 aromatic heterocycles. The van der Waals surface area contributed by atoms with Gasteiger partial charge in [-0.25, -0.2) is 8.42 Å². The van der Waals surface area contributed by atoms with E-state index in [9.17, 15) is 18.0 Å². The van der Waals surface area contributed by atoms with Gasteiger partial charge in [-0.15, -0.1) is 0 Å². The number of aryl methyl sites for hydroxylation is 1. The molecule has 1 saturated carbocycles. The molecule has 0 bridgehead atoms. The van der Waals surface area contributed by atoms with Crippen molar-refractivity contribution in [2.24, 2.45) is 5.92 Å². The lowest BCUT2D eigenvalue weighted by Gasteiger charge is -2.26. The summed E-state index contributed by atoms with van der Waals surface area (Å²) in [5.41, 5.74) is 6.23. The van der Waals surface area contributed by atoms with Crippen molar-refractivity contribution < 1.29 is 18.0 Å². The van der Waals surface area contributed by atoms with Crippen molar-refractivity contribution >= 4 is 33.0 Å². The molecular weight excluding hydrogens is 522 g/mol. The minimum Gasteiger partial charge on any atom is -0.326 e. The first kappa shape index (κ1) is 28.1. The summed E-state index contributed by atoms with van der Waals surface area (Å²) >= 11 is 0. The number of benzene rings is 3. The largest absolute Gasteiger partial charge is 0.326 e. The number of anilines is 2. The molecule has 7 nitrogen and oxygen atoms in total. The van der Waals surface area contributed by atoms with Crippen LogP contribution in [0.2, 0.25) is 0 Å². The molecular formula is C32H37N3O4S. The van der Waals surface area contributed by atoms with Gasteiger partial charge in [-0.05, 0) is 84.3 Å². The third-order valence-electron chi connectivity index (χ3n) is 7.98. The van der Waals surface area contributed by atoms with Crippen LogP contribution in [0.3, 0.4) is 0 Å². The highest BCUT2D eigenvalue weighted by atomic mass is 32.2. The van der Waals surface area contributed by atoms with E-state index < -0.39 is 9.84 Å². The molecule has 5 rings (SSSR count). The van der Waals surface area contributed by atoms with Gasteiger partial charge < -0.3 is 10.6 Å². The quantitative estimate of drug-likeness (QED) is 0.371. The summed E-state index contributed by atoms with van der Waals surface area (Å²) in [4.78, 5) is 27.5. The van der Waals surface area contributed by atoms with Gasteiger partial charge in [0.1, 0.15) is 0 Å². The maximum atomic E-state index is 12.9. The Morgan fingerprint density at radius 2 is 1.50 bits per heavy atom. The van der Waals surface area contributed by atoms with Crippen molar-refractivity contribution in [2.75, 3.05) is 35.2 Å². The molecule has 0 unspecified atom stereocenters. The zero-order valence-electron chi connectivity index (χ0n) is 23.0. The Morgan fingerprint density at radius 1 is 0.850 bits per heavy atom. The van der Waals surface area contributed by atoms with Crippen molar-refractivity contribution in [3.8, 4) is 11.1 Å². The van der Waals surface area contributed by atoms with E-state index in [0.29, 0.717) is 43.2 Å². The van der Waals surface area contributed by atoms with E-state index in [0.717, 1.165) is 40.8 Å². The third-order valence-corrected chi connectivity index (χ3v) is 9.59. The lowest BCUT2D eigenvalue weighted by atomic mass is 9.98. The van der Waals surface area contributed by atoms with Crippen LogP contribution in [0.1, 0.15) is 53.6 Å². The van der Waals surface area contributed by atoms with Crippen molar-refractivity contribution in [1.82, 2.24) is 4.90 Å². The summed E-state index contributed by atoms with van der Waals surface area (Å²) in [5.74, 6) is 0.808. The molecule has 8 heteroatoms. The number of carbonyl (C=O) groups is 2. The maximum Gasteiger partial charge on any atom is 0.255 e. The molecule has 2 fully saturated rings. The van der Waals surface area contributed by atoms with Crippen molar-refractivity contribution in [3.63, 3.8) is 0 Å². The highest BCUT2D eigenvalue weighted by Gasteiger charge is 2.21. The highest BCUT2D eigenvalue weighted by Crippen LogP contribution is 2.30. The molecule has 3 aromatic carbocycles. The van der Waals surface area contributed by atoms with Gasteiger partial charge in [-0.2, -0.15) is 0 Å². The van der Waals surface area contributed by atoms with E-state index in [1.165, 1.54) is 12.8 Å². The smallest absolute Gasteiger partial charge is 0.255 e. The van der Waals surface area contributed by atoms with Gasteiger partial charge in [-0.3, -0.25) is 14.5 Å². The van der Waals surface area contributed by atoms with Crippen LogP contribution in [-0.2, 0) is 21.2 Å². The average molecular weight is 560 g/mol. The van der Waals surface area contributed by atoms with E-state index in [-0.39, 0.29) is 23.3 Å². The minimum absolute atomic E-state index is 0.0729. The SMILES string of the molecule is Cc1ccc(NC(=O)CC2CCCC2)cc1-c1ccc(C(=O)Nc2ccc(CN3CCS(=O)(=O)CC3)cc2)cc1. The molecule has 0 radical (unpaired) electrons. The summed E-state index contributed by atoms with van der Waals surface area (Å²) in [6.07, 6.45) is 5.32. The van der Waals surface area contributed by atoms with Crippen LogP contribution in [0.25, 0.3) is 11.1 Å². The average Bonchev–Trinajstić information content (AvgIpc) is 3.45. The van der Waals surface area contributed by atoms with Crippen LogP contribution in [0, 0.1) is 12.8 Å². The van der Waals surface area contributed by atoms with Crippen LogP contribution in [0.15, 0.2) is 66.7 Å². The topological polar surface area (TPSA) is 95.6 Å². The second-order valence-corrected chi connectivity index (χ2v) is 13.4. The first-order valence-corrected chi connectivity index (χ1v) is 15.9. The Morgan fingerprint density at radius 3 is 2.17 bits per heavy atom. The first-order valence-electron chi connectivity index (χ1n) is 14.1. The fraction of sp³-hybridized carbons (Fsp3) is 0.375. The molecule has 1 aliphatic heterocycles. The van der Waals surface area contributed by atoms with Crippen LogP contribution >= 0.6 is 0 Å². The second-order valence-electron chi connectivity index (χ2n) is 11.1. The van der Waals surface area contributed by atoms with Gasteiger partial charge in [0.25, 0.3) is 5.91 Å². The standard InChI is InChI=1S/C32H37N3O4S/c1-23-6-13-29(33-31(36)20-24-4-2-3-5-24)21-30(23)26-9-11-27(12-10-26)32(37)34-28-14-7-25(8-15-28)22-35-16-18-40(38,39)19-17-35/h6-15,21,24H,2-5,16-20,22H2,1H3,(H,33,36)(H,34,37). The Kier molecular flexibility index (Phi) is 8.66. The third kappa shape index (κ3) is 7.37. The Labute approximate surface area is 236 Å². The number of rotatable bonds is 8. The fourth-order valence-corrected chi connectivity index (χ4v) is 6.84. The van der Waals surface area contributed by atoms with Gasteiger partial charge in [-0.1, -0.05) is 43.2 Å². The Bertz CT molecular complexity index is 1450. The number of nitrogens with one attached hydrogen (secondary N) is 2. The van der Waals surface area contributed by atoms with Gasteiger partial charge in [0.2, 0.25) is 5.91 Å². The van der Waals surface area contributed by atoms with E-state index in [1.54, 1.807) is 0 Å². The Hall–Kier alpha value is -3.49. The molecule has 40 heavy (non-hydrogen) atoms. The number of sulfone groups is 1. The first-order chi connectivity index (χ1) is 19.2. The van der Waals surface area contributed by atoms with Gasteiger partial charge in [0, 0.05) is 43.0 Å². The molecule has 2 aliphatic rings. The molecule has 3 aromatic rings. The number of carbonyl (C=O) groups excluding carboxylic acids is 2. The van der Waals surface area contributed by atoms with Crippen LogP contribution < -0.4 is 10.6 Å². The van der Waals surface area contributed by atoms with E-state index in [1.807, 2.05) is 73.7 Å². The van der Waals surface area contributed by atoms with Gasteiger partial charge in [0.15, 0.2) is 9.84 Å². The maximum absolute atomic E-state index is 12.9. The van der Waals surface area contributed by atoms with Crippen molar-refractivity contribution in [2.45, 2.75) is 45.6 Å². The molecule has 1 heterocycles. The van der Waals surface area contributed by atoms with Crippen LogP contribution in [0.4, 0.5) is 11.4 Å². The second kappa shape index (κ2) is 12.4. The number of amides is 2. The van der Waals surface area contributed by atoms with E-state index >= 15 is 0 Å². The monoisotopic (exact) mass is 559 g/mol. The van der Waals surface area contributed by atoms with Crippen LogP contribution in [0.5, 0.6) is 0 Å². The van der Waals surface area contributed by atoms with E-state index in [4.69, 9.17) is 0 Å². The lowest BCUT2D eigenvalue weighted by Crippen LogP contribution is -2.39. The summed E-state index contributed by atoms with van der Waals surface area (Å²) in [7, 11) is -2.89. The highest BCUT2D eigenvalue weighted by molar-refractivity contribution is 7.91. The van der Waals surface area contributed by atoms with Crippen molar-refractivity contribution in [3.05, 3.63) is 83.4 Å². The molecule has 1 saturated heterocycles. The zero-order valence-corrected chi connectivity index (χ0v) is 23.8. The molecule has 2 N–H and O–H groups in total. The predicted molar refractivity (Wildman–Crippen MR) is 160 cm³/mol. The van der Waals surface area contributed by atoms with Gasteiger partial charge >= 0.3 is 0 Å². The number of nitrogens with zero attached hydrogens (tertiary/aromatic N) is 1. The summed E-state index contributed by atoms with van der Waals surface area (Å²) in [6, 6.07) is 21.1. The Balaban J connectivity index is 1.17. The number of hydrogen-bond donors (Lipinski definition) is 2. The molecule has 0 atom stereocenters. The van der Waals surface area contributed by atoms with Crippen molar-refractivity contribution in [1.29, 1.82) is 0 Å². The summed E-state index contributed by atoms with van der Waals surface area (Å²) in [5, 5.41) is 6.01.